The lowest BCUT2D eigenvalue weighted by molar-refractivity contribution is -0.136. The molecule has 1 fully saturated rings. The van der Waals surface area contributed by atoms with E-state index < -0.39 is 11.7 Å². The third-order valence-electron chi connectivity index (χ3n) is 6.15. The highest BCUT2D eigenvalue weighted by atomic mass is 19.4. The first-order valence-electron chi connectivity index (χ1n) is 10.4. The van der Waals surface area contributed by atoms with Crippen LogP contribution in [0.25, 0.3) is 11.1 Å². The van der Waals surface area contributed by atoms with Crippen molar-refractivity contribution in [3.8, 4) is 0 Å². The van der Waals surface area contributed by atoms with Gasteiger partial charge in [0.2, 0.25) is 0 Å². The summed E-state index contributed by atoms with van der Waals surface area (Å²) >= 11 is 0. The van der Waals surface area contributed by atoms with E-state index in [9.17, 15) is 22.8 Å². The van der Waals surface area contributed by atoms with Gasteiger partial charge in [-0.3, -0.25) is 9.59 Å². The average Bonchev–Trinajstić information content (AvgIpc) is 3.19. The SMILES string of the molecule is CCc1cc(C(F)(F)F)c2c(C3CCN(C(=O)c4ccc(C)n(C)c4=O)CC3)noc2n1. The quantitative estimate of drug-likeness (QED) is 0.608. The first-order chi connectivity index (χ1) is 15.1. The van der Waals surface area contributed by atoms with Crippen LogP contribution < -0.4 is 5.56 Å². The molecular weight excluding hydrogens is 425 g/mol. The number of aromatic nitrogens is 3. The van der Waals surface area contributed by atoms with Crippen molar-refractivity contribution in [3.05, 3.63) is 56.8 Å². The van der Waals surface area contributed by atoms with Crippen LogP contribution in [0.5, 0.6) is 0 Å². The highest BCUT2D eigenvalue weighted by molar-refractivity contribution is 5.94. The van der Waals surface area contributed by atoms with Crippen molar-refractivity contribution in [2.75, 3.05) is 13.1 Å². The molecule has 0 N–H and O–H groups in total. The molecule has 4 heterocycles. The Balaban J connectivity index is 1.59. The van der Waals surface area contributed by atoms with Gasteiger partial charge in [-0.25, -0.2) is 4.98 Å². The van der Waals surface area contributed by atoms with Gasteiger partial charge in [0.15, 0.2) is 0 Å². The molecule has 3 aromatic heterocycles. The fraction of sp³-hybridized carbons (Fsp3) is 0.455. The van der Waals surface area contributed by atoms with E-state index in [0.717, 1.165) is 11.8 Å². The zero-order valence-corrected chi connectivity index (χ0v) is 18.0. The molecule has 0 spiro atoms. The Labute approximate surface area is 181 Å². The number of likely N-dealkylation sites (tertiary alicyclic amines) is 1. The lowest BCUT2D eigenvalue weighted by Gasteiger charge is -2.31. The topological polar surface area (TPSA) is 81.2 Å². The van der Waals surface area contributed by atoms with Gasteiger partial charge in [-0.05, 0) is 44.4 Å². The van der Waals surface area contributed by atoms with E-state index in [2.05, 4.69) is 10.1 Å². The fourth-order valence-electron chi connectivity index (χ4n) is 4.12. The van der Waals surface area contributed by atoms with E-state index >= 15 is 0 Å². The molecule has 0 bridgehead atoms. The van der Waals surface area contributed by atoms with Crippen LogP contribution in [0.15, 0.2) is 27.5 Å². The van der Waals surface area contributed by atoms with Crippen LogP contribution in [-0.4, -0.2) is 38.6 Å². The molecule has 3 aromatic rings. The maximum Gasteiger partial charge on any atom is 0.417 e. The van der Waals surface area contributed by atoms with Crippen LogP contribution >= 0.6 is 0 Å². The third kappa shape index (κ3) is 3.78. The second-order valence-corrected chi connectivity index (χ2v) is 8.08. The molecule has 1 aliphatic heterocycles. The molecule has 1 amide bonds. The summed E-state index contributed by atoms with van der Waals surface area (Å²) in [4.78, 5) is 31.0. The minimum atomic E-state index is -4.56. The zero-order valence-electron chi connectivity index (χ0n) is 18.0. The first kappa shape index (κ1) is 22.0. The number of fused-ring (bicyclic) bond motifs is 1. The van der Waals surface area contributed by atoms with Crippen molar-refractivity contribution < 1.29 is 22.5 Å². The monoisotopic (exact) mass is 448 g/mol. The number of nitrogens with zero attached hydrogens (tertiary/aromatic N) is 4. The van der Waals surface area contributed by atoms with Gasteiger partial charge in [-0.15, -0.1) is 0 Å². The third-order valence-corrected chi connectivity index (χ3v) is 6.15. The van der Waals surface area contributed by atoms with Gasteiger partial charge in [0.1, 0.15) is 5.56 Å². The van der Waals surface area contributed by atoms with Crippen LogP contribution in [0.4, 0.5) is 13.2 Å². The summed E-state index contributed by atoms with van der Waals surface area (Å²) in [6.07, 6.45) is -3.40. The van der Waals surface area contributed by atoms with Crippen molar-refractivity contribution in [2.24, 2.45) is 7.05 Å². The maximum absolute atomic E-state index is 13.7. The van der Waals surface area contributed by atoms with Gasteiger partial charge in [-0.2, -0.15) is 13.2 Å². The highest BCUT2D eigenvalue weighted by Gasteiger charge is 2.38. The Hall–Kier alpha value is -3.17. The van der Waals surface area contributed by atoms with Crippen molar-refractivity contribution in [2.45, 2.75) is 45.2 Å². The lowest BCUT2D eigenvalue weighted by atomic mass is 9.90. The Morgan fingerprint density at radius 1 is 1.25 bits per heavy atom. The molecule has 0 atom stereocenters. The van der Waals surface area contributed by atoms with Gasteiger partial charge in [0.05, 0.1) is 16.6 Å². The molecule has 170 valence electrons. The first-order valence-corrected chi connectivity index (χ1v) is 10.4. The summed E-state index contributed by atoms with van der Waals surface area (Å²) in [7, 11) is 1.60. The number of pyridine rings is 2. The molecule has 10 heteroatoms. The minimum Gasteiger partial charge on any atom is -0.338 e. The van der Waals surface area contributed by atoms with Gasteiger partial charge in [0, 0.05) is 37.4 Å². The number of carbonyl (C=O) groups is 1. The van der Waals surface area contributed by atoms with Crippen LogP contribution in [0.1, 0.15) is 58.7 Å². The van der Waals surface area contributed by atoms with Gasteiger partial charge in [0.25, 0.3) is 17.2 Å². The average molecular weight is 448 g/mol. The molecular formula is C22H23F3N4O3. The summed E-state index contributed by atoms with van der Waals surface area (Å²) in [5.41, 5.74) is 0.0499. The van der Waals surface area contributed by atoms with E-state index in [0.29, 0.717) is 32.4 Å². The van der Waals surface area contributed by atoms with E-state index in [4.69, 9.17) is 4.52 Å². The van der Waals surface area contributed by atoms with Crippen LogP contribution in [0, 0.1) is 6.92 Å². The number of alkyl halides is 3. The fourth-order valence-corrected chi connectivity index (χ4v) is 4.12. The smallest absolute Gasteiger partial charge is 0.338 e. The number of hydrogen-bond donors (Lipinski definition) is 0. The van der Waals surface area contributed by atoms with Crippen molar-refractivity contribution >= 4 is 17.0 Å². The predicted octanol–water partition coefficient (Wildman–Crippen LogP) is 3.83. The van der Waals surface area contributed by atoms with Crippen molar-refractivity contribution in [1.82, 2.24) is 19.6 Å². The number of hydrogen-bond acceptors (Lipinski definition) is 5. The Bertz CT molecular complexity index is 1240. The number of aryl methyl sites for hydroxylation is 2. The molecule has 32 heavy (non-hydrogen) atoms. The second-order valence-electron chi connectivity index (χ2n) is 8.08. The van der Waals surface area contributed by atoms with Gasteiger partial charge in [-0.1, -0.05) is 12.1 Å². The van der Waals surface area contributed by atoms with Crippen LogP contribution in [0.3, 0.4) is 0 Å². The Morgan fingerprint density at radius 3 is 2.56 bits per heavy atom. The number of amides is 1. The van der Waals surface area contributed by atoms with E-state index in [-0.39, 0.29) is 45.4 Å². The number of halogens is 3. The summed E-state index contributed by atoms with van der Waals surface area (Å²) in [6, 6.07) is 4.28. The van der Waals surface area contributed by atoms with Gasteiger partial charge < -0.3 is 14.0 Å². The van der Waals surface area contributed by atoms with E-state index in [1.54, 1.807) is 31.9 Å². The molecule has 0 saturated carbocycles. The molecule has 0 radical (unpaired) electrons. The predicted molar refractivity (Wildman–Crippen MR) is 110 cm³/mol. The maximum atomic E-state index is 13.7. The van der Waals surface area contributed by atoms with Crippen molar-refractivity contribution in [3.63, 3.8) is 0 Å². The van der Waals surface area contributed by atoms with Crippen molar-refractivity contribution in [1.29, 1.82) is 0 Å². The normalized spacial score (nSPS) is 15.5. The summed E-state index contributed by atoms with van der Waals surface area (Å²) in [5.74, 6) is -0.684. The van der Waals surface area contributed by atoms with E-state index in [1.165, 1.54) is 10.6 Å². The Kier molecular flexibility index (Phi) is 5.56. The van der Waals surface area contributed by atoms with Crippen LogP contribution in [0.2, 0.25) is 0 Å². The molecule has 1 aliphatic rings. The number of piperidine rings is 1. The minimum absolute atomic E-state index is 0.0825. The van der Waals surface area contributed by atoms with Gasteiger partial charge >= 0.3 is 6.18 Å². The number of rotatable bonds is 3. The second kappa shape index (κ2) is 8.07. The summed E-state index contributed by atoms with van der Waals surface area (Å²) in [6.45, 7) is 4.10. The molecule has 0 aromatic carbocycles. The Morgan fingerprint density at radius 2 is 1.94 bits per heavy atom. The molecule has 0 aliphatic carbocycles. The standard InChI is InChI=1S/C22H23F3N4O3/c1-4-14-11-16(22(23,24)25)17-18(27-32-19(17)26-14)13-7-9-29(10-8-13)21(31)15-6-5-12(2)28(3)20(15)30/h5-6,11,13H,4,7-10H2,1-3H3. The zero-order chi connectivity index (χ0) is 23.2. The van der Waals surface area contributed by atoms with Crippen LogP contribution in [-0.2, 0) is 19.6 Å². The molecule has 7 nitrogen and oxygen atoms in total. The lowest BCUT2D eigenvalue weighted by Crippen LogP contribution is -2.41. The molecule has 1 saturated heterocycles. The molecule has 4 rings (SSSR count). The number of carbonyl (C=O) groups excluding carboxylic acids is 1. The summed E-state index contributed by atoms with van der Waals surface area (Å²) in [5, 5.41) is 3.83. The molecule has 0 unspecified atom stereocenters. The van der Waals surface area contributed by atoms with E-state index in [1.807, 2.05) is 0 Å². The largest absolute Gasteiger partial charge is 0.417 e. The summed E-state index contributed by atoms with van der Waals surface area (Å²) < 4.78 is 47.8. The highest BCUT2D eigenvalue weighted by Crippen LogP contribution is 2.40.